The predicted molar refractivity (Wildman–Crippen MR) is 146 cm³/mol. The summed E-state index contributed by atoms with van der Waals surface area (Å²) in [5, 5.41) is 32.8. The molecule has 5 aliphatic rings. The summed E-state index contributed by atoms with van der Waals surface area (Å²) in [5.41, 5.74) is -2.42. The van der Waals surface area contributed by atoms with Crippen LogP contribution in [0.25, 0.3) is 0 Å². The van der Waals surface area contributed by atoms with Gasteiger partial charge in [-0.3, -0.25) is 9.59 Å². The van der Waals surface area contributed by atoms with Gasteiger partial charge in [0.2, 0.25) is 0 Å². The van der Waals surface area contributed by atoms with Gasteiger partial charge < -0.3 is 24.8 Å². The normalized spacial score (nSPS) is 49.3. The van der Waals surface area contributed by atoms with Gasteiger partial charge in [-0.05, 0) is 106 Å². The fourth-order valence-corrected chi connectivity index (χ4v) is 11.3. The Morgan fingerprint density at radius 3 is 2.23 bits per heavy atom. The number of esters is 2. The zero-order valence-electron chi connectivity index (χ0n) is 25.0. The predicted octanol–water partition coefficient (Wildman–Crippen LogP) is 4.42. The monoisotopic (exact) mass is 546 g/mol. The van der Waals surface area contributed by atoms with E-state index in [1.807, 2.05) is 13.0 Å². The molecular weight excluding hydrogens is 496 g/mol. The number of rotatable bonds is 6. The molecule has 5 rings (SSSR count). The Labute approximate surface area is 233 Å². The molecule has 0 unspecified atom stereocenters. The van der Waals surface area contributed by atoms with E-state index in [2.05, 4.69) is 13.8 Å². The smallest absolute Gasteiger partial charge is 0.314 e. The lowest BCUT2D eigenvalue weighted by atomic mass is 9.41. The highest BCUT2D eigenvalue weighted by Gasteiger charge is 2.85. The minimum absolute atomic E-state index is 0.00588. The molecule has 0 aromatic heterocycles. The van der Waals surface area contributed by atoms with E-state index in [9.17, 15) is 24.9 Å². The van der Waals surface area contributed by atoms with Crippen LogP contribution in [0, 0.1) is 50.7 Å². The Kier molecular flexibility index (Phi) is 6.73. The van der Waals surface area contributed by atoms with Gasteiger partial charge in [0.1, 0.15) is 0 Å². The summed E-state index contributed by atoms with van der Waals surface area (Å²) in [6.45, 7) is 10.1. The summed E-state index contributed by atoms with van der Waals surface area (Å²) in [6.07, 6.45) is 9.47. The largest absolute Gasteiger partial charge is 0.469 e. The molecule has 0 bridgehead atoms. The van der Waals surface area contributed by atoms with Gasteiger partial charge in [-0.15, -0.1) is 0 Å². The highest BCUT2D eigenvalue weighted by atomic mass is 16.5. The van der Waals surface area contributed by atoms with Crippen LogP contribution in [0.1, 0.15) is 92.4 Å². The first-order chi connectivity index (χ1) is 18.1. The molecule has 0 aliphatic heterocycles. The maximum Gasteiger partial charge on any atom is 0.314 e. The van der Waals surface area contributed by atoms with Gasteiger partial charge in [-0.2, -0.15) is 0 Å². The second-order valence-corrected chi connectivity index (χ2v) is 15.0. The molecule has 11 atom stereocenters. The van der Waals surface area contributed by atoms with E-state index < -0.39 is 23.2 Å². The lowest BCUT2D eigenvalue weighted by Gasteiger charge is -2.63. The van der Waals surface area contributed by atoms with Gasteiger partial charge in [0, 0.05) is 11.8 Å². The van der Waals surface area contributed by atoms with Crippen molar-refractivity contribution in [2.75, 3.05) is 14.2 Å². The lowest BCUT2D eigenvalue weighted by molar-refractivity contribution is -0.212. The molecule has 3 N–H and O–H groups in total. The number of carbonyl (C=O) groups excluding carboxylic acids is 2. The van der Waals surface area contributed by atoms with Gasteiger partial charge in [-0.1, -0.05) is 26.0 Å². The SMILES string of the molecule is COC(=O)[C@H](C/C=C/C(C)(C)O)[C@H]1CC[C@@]2(C)[C@@H]3CC[C@H]4[C@](C)(C(=O)OC)[C@@H](O)C[C@H](O)[C@@]45C[C@@]35CC[C@]12C. The molecule has 0 radical (unpaired) electrons. The zero-order valence-corrected chi connectivity index (χ0v) is 25.0. The first kappa shape index (κ1) is 29.1. The van der Waals surface area contributed by atoms with Crippen LogP contribution >= 0.6 is 0 Å². The molecule has 5 saturated carbocycles. The zero-order chi connectivity index (χ0) is 28.8. The number of methoxy groups -OCH3 is 2. The van der Waals surface area contributed by atoms with Crippen LogP contribution in [0.2, 0.25) is 0 Å². The third kappa shape index (κ3) is 3.64. The topological polar surface area (TPSA) is 113 Å². The number of allylic oxidation sites excluding steroid dienone is 1. The number of fused-ring (bicyclic) bond motifs is 2. The molecule has 0 aromatic rings. The molecule has 7 nitrogen and oxygen atoms in total. The fourth-order valence-electron chi connectivity index (χ4n) is 11.3. The van der Waals surface area contributed by atoms with Gasteiger partial charge in [0.05, 0.1) is 43.4 Å². The standard InChI is InChI=1S/C32H50O7/c1-27(2,37)13-8-9-19(25(35)38-6)20-12-14-29(4)21-10-11-22-30(5,26(36)39-7)23(33)17-24(34)32(22)18-31(21,32)16-15-28(20,29)3/h8,13,19-24,33-34,37H,9-12,14-18H2,1-7H3/b13-8+/t19-,20-,21+,22+,23+,24+,28-,29+,30+,31+,32-/m1/s1. The molecule has 0 heterocycles. The first-order valence-electron chi connectivity index (χ1n) is 15.0. The summed E-state index contributed by atoms with van der Waals surface area (Å²) < 4.78 is 10.5. The number of aliphatic hydroxyl groups excluding tert-OH is 2. The molecule has 5 fully saturated rings. The van der Waals surface area contributed by atoms with Crippen molar-refractivity contribution in [2.24, 2.45) is 50.7 Å². The summed E-state index contributed by atoms with van der Waals surface area (Å²) in [4.78, 5) is 26.2. The van der Waals surface area contributed by atoms with Crippen molar-refractivity contribution in [1.29, 1.82) is 0 Å². The third-order valence-electron chi connectivity index (χ3n) is 13.4. The Bertz CT molecular complexity index is 1050. The number of carbonyl (C=O) groups is 2. The van der Waals surface area contributed by atoms with Crippen LogP contribution < -0.4 is 0 Å². The molecule has 2 spiro atoms. The second kappa shape index (κ2) is 9.03. The summed E-state index contributed by atoms with van der Waals surface area (Å²) in [6, 6.07) is 0. The molecule has 220 valence electrons. The molecule has 5 aliphatic carbocycles. The van der Waals surface area contributed by atoms with Crippen molar-refractivity contribution in [3.05, 3.63) is 12.2 Å². The van der Waals surface area contributed by atoms with Crippen molar-refractivity contribution in [2.45, 2.75) is 110 Å². The molecule has 0 saturated heterocycles. The highest BCUT2D eigenvalue weighted by molar-refractivity contribution is 5.78. The molecule has 7 heteroatoms. The average molecular weight is 547 g/mol. The van der Waals surface area contributed by atoms with Crippen molar-refractivity contribution in [3.63, 3.8) is 0 Å². The quantitative estimate of drug-likeness (QED) is 0.334. The van der Waals surface area contributed by atoms with Crippen molar-refractivity contribution in [1.82, 2.24) is 0 Å². The molecule has 0 aromatic carbocycles. The van der Waals surface area contributed by atoms with E-state index in [1.165, 1.54) is 14.2 Å². The van der Waals surface area contributed by atoms with Gasteiger partial charge in [-0.25, -0.2) is 0 Å². The first-order valence-corrected chi connectivity index (χ1v) is 15.0. The lowest BCUT2D eigenvalue weighted by Crippen LogP contribution is -2.63. The van der Waals surface area contributed by atoms with E-state index in [-0.39, 0.29) is 57.8 Å². The number of aliphatic hydroxyl groups is 3. The van der Waals surface area contributed by atoms with Crippen LogP contribution in [0.15, 0.2) is 12.2 Å². The highest BCUT2D eigenvalue weighted by Crippen LogP contribution is 2.89. The van der Waals surface area contributed by atoms with E-state index in [4.69, 9.17) is 9.47 Å². The van der Waals surface area contributed by atoms with E-state index in [0.717, 1.165) is 44.9 Å². The minimum Gasteiger partial charge on any atom is -0.469 e. The van der Waals surface area contributed by atoms with Crippen molar-refractivity contribution < 1.29 is 34.4 Å². The van der Waals surface area contributed by atoms with Crippen LogP contribution in [0.4, 0.5) is 0 Å². The van der Waals surface area contributed by atoms with Crippen molar-refractivity contribution >= 4 is 11.9 Å². The van der Waals surface area contributed by atoms with Crippen LogP contribution in [0.5, 0.6) is 0 Å². The fraction of sp³-hybridized carbons (Fsp3) is 0.875. The number of ether oxygens (including phenoxy) is 2. The Hall–Kier alpha value is -1.44. The minimum atomic E-state index is -1.01. The molecular formula is C32H50O7. The summed E-state index contributed by atoms with van der Waals surface area (Å²) in [5.74, 6) is -0.348. The van der Waals surface area contributed by atoms with E-state index >= 15 is 0 Å². The maximum atomic E-state index is 13.1. The number of hydrogen-bond donors (Lipinski definition) is 3. The van der Waals surface area contributed by atoms with Gasteiger partial charge in [0.25, 0.3) is 0 Å². The molecule has 39 heavy (non-hydrogen) atoms. The molecule has 0 amide bonds. The van der Waals surface area contributed by atoms with Crippen LogP contribution in [-0.2, 0) is 19.1 Å². The van der Waals surface area contributed by atoms with Crippen LogP contribution in [0.3, 0.4) is 0 Å². The van der Waals surface area contributed by atoms with E-state index in [0.29, 0.717) is 12.3 Å². The Morgan fingerprint density at radius 1 is 0.949 bits per heavy atom. The Balaban J connectivity index is 1.48. The Morgan fingerprint density at radius 2 is 1.62 bits per heavy atom. The number of hydrogen-bond acceptors (Lipinski definition) is 7. The second-order valence-electron chi connectivity index (χ2n) is 15.0. The van der Waals surface area contributed by atoms with Gasteiger partial charge >= 0.3 is 11.9 Å². The average Bonchev–Trinajstić information content (AvgIpc) is 3.49. The summed E-state index contributed by atoms with van der Waals surface area (Å²) >= 11 is 0. The van der Waals surface area contributed by atoms with Crippen molar-refractivity contribution in [3.8, 4) is 0 Å². The summed E-state index contributed by atoms with van der Waals surface area (Å²) in [7, 11) is 2.86. The maximum absolute atomic E-state index is 13.1. The van der Waals surface area contributed by atoms with Gasteiger partial charge in [0.15, 0.2) is 0 Å². The van der Waals surface area contributed by atoms with Crippen LogP contribution in [-0.4, -0.2) is 59.3 Å². The third-order valence-corrected chi connectivity index (χ3v) is 13.4. The van der Waals surface area contributed by atoms with E-state index in [1.54, 1.807) is 19.9 Å².